The molecule has 2 rings (SSSR count). The molecule has 4 nitrogen and oxygen atoms in total. The number of aromatic nitrogens is 1. The summed E-state index contributed by atoms with van der Waals surface area (Å²) in [6.45, 7) is 2.11. The average molecular weight is 283 g/mol. The third-order valence-electron chi connectivity index (χ3n) is 3.40. The van der Waals surface area contributed by atoms with Gasteiger partial charge in [-0.25, -0.2) is 0 Å². The van der Waals surface area contributed by atoms with Gasteiger partial charge in [0.15, 0.2) is 0 Å². The van der Waals surface area contributed by atoms with Gasteiger partial charge >= 0.3 is 0 Å². The van der Waals surface area contributed by atoms with E-state index in [-0.39, 0.29) is 11.9 Å². The second-order valence-electron chi connectivity index (χ2n) is 5.31. The molecular weight excluding hydrogens is 262 g/mol. The molecule has 0 fully saturated rings. The zero-order valence-electron chi connectivity index (χ0n) is 12.7. The first-order chi connectivity index (χ1) is 10.1. The first-order valence-corrected chi connectivity index (χ1v) is 7.02. The number of likely N-dealkylation sites (N-methyl/N-ethyl adjacent to an activating group) is 1. The average Bonchev–Trinajstić information content (AvgIpc) is 2.50. The number of carbonyl (C=O) groups is 1. The molecule has 0 spiro atoms. The topological polar surface area (TPSA) is 45.2 Å². The molecule has 1 aromatic carbocycles. The smallest absolute Gasteiger partial charge is 0.226 e. The fourth-order valence-corrected chi connectivity index (χ4v) is 2.04. The van der Waals surface area contributed by atoms with Gasteiger partial charge in [-0.05, 0) is 42.3 Å². The fourth-order valence-electron chi connectivity index (χ4n) is 2.04. The Labute approximate surface area is 125 Å². The number of hydrogen-bond acceptors (Lipinski definition) is 3. The fraction of sp³-hybridized carbons (Fsp3) is 0.294. The van der Waals surface area contributed by atoms with Crippen LogP contribution in [-0.4, -0.2) is 29.9 Å². The number of amides is 1. The Kier molecular flexibility index (Phi) is 4.93. The van der Waals surface area contributed by atoms with Crippen molar-refractivity contribution in [3.8, 4) is 0 Å². The number of benzene rings is 1. The quantitative estimate of drug-likeness (QED) is 0.917. The molecule has 0 aliphatic carbocycles. The Balaban J connectivity index is 1.98. The van der Waals surface area contributed by atoms with Crippen LogP contribution in [0.5, 0.6) is 0 Å². The normalized spacial score (nSPS) is 11.8. The van der Waals surface area contributed by atoms with E-state index in [9.17, 15) is 4.79 Å². The van der Waals surface area contributed by atoms with Gasteiger partial charge in [-0.15, -0.1) is 0 Å². The minimum absolute atomic E-state index is 0.112. The molecule has 1 amide bonds. The largest absolute Gasteiger partial charge is 0.379 e. The molecule has 0 aliphatic rings. The Bertz CT molecular complexity index is 579. The SMILES string of the molecule is CC(Nc1ccc(CC(=O)N(C)C)cc1)c1ccncc1. The molecular formula is C17H21N3O. The highest BCUT2D eigenvalue weighted by Crippen LogP contribution is 2.19. The van der Waals surface area contributed by atoms with E-state index < -0.39 is 0 Å². The first kappa shape index (κ1) is 15.0. The van der Waals surface area contributed by atoms with E-state index >= 15 is 0 Å². The van der Waals surface area contributed by atoms with Gasteiger partial charge in [-0.1, -0.05) is 12.1 Å². The highest BCUT2D eigenvalue weighted by molar-refractivity contribution is 5.78. The van der Waals surface area contributed by atoms with E-state index in [0.717, 1.165) is 11.3 Å². The molecule has 4 heteroatoms. The molecule has 0 saturated carbocycles. The number of carbonyl (C=O) groups excluding carboxylic acids is 1. The Morgan fingerprint density at radius 1 is 1.14 bits per heavy atom. The second kappa shape index (κ2) is 6.88. The second-order valence-corrected chi connectivity index (χ2v) is 5.31. The predicted octanol–water partition coefficient (Wildman–Crippen LogP) is 2.89. The zero-order chi connectivity index (χ0) is 15.2. The third-order valence-corrected chi connectivity index (χ3v) is 3.40. The summed E-state index contributed by atoms with van der Waals surface area (Å²) in [6, 6.07) is 12.2. The lowest BCUT2D eigenvalue weighted by molar-refractivity contribution is -0.127. The number of nitrogens with one attached hydrogen (secondary N) is 1. The maximum absolute atomic E-state index is 11.7. The van der Waals surface area contributed by atoms with Gasteiger partial charge in [0.25, 0.3) is 0 Å². The number of hydrogen-bond donors (Lipinski definition) is 1. The van der Waals surface area contributed by atoms with Gasteiger partial charge < -0.3 is 10.2 Å². The van der Waals surface area contributed by atoms with E-state index in [4.69, 9.17) is 0 Å². The first-order valence-electron chi connectivity index (χ1n) is 7.02. The molecule has 1 unspecified atom stereocenters. The molecule has 1 heterocycles. The number of anilines is 1. The Morgan fingerprint density at radius 2 is 1.76 bits per heavy atom. The van der Waals surface area contributed by atoms with E-state index in [1.54, 1.807) is 31.4 Å². The zero-order valence-corrected chi connectivity index (χ0v) is 12.7. The van der Waals surface area contributed by atoms with Crippen LogP contribution in [0.4, 0.5) is 5.69 Å². The van der Waals surface area contributed by atoms with E-state index in [1.807, 2.05) is 36.4 Å². The van der Waals surface area contributed by atoms with Gasteiger partial charge in [0.1, 0.15) is 0 Å². The molecule has 1 N–H and O–H groups in total. The maximum Gasteiger partial charge on any atom is 0.226 e. The third kappa shape index (κ3) is 4.31. The lowest BCUT2D eigenvalue weighted by Gasteiger charge is -2.16. The van der Waals surface area contributed by atoms with Crippen LogP contribution < -0.4 is 5.32 Å². The molecule has 1 atom stereocenters. The van der Waals surface area contributed by atoms with Crippen LogP contribution in [-0.2, 0) is 11.2 Å². The molecule has 0 bridgehead atoms. The Hall–Kier alpha value is -2.36. The van der Waals surface area contributed by atoms with Crippen LogP contribution >= 0.6 is 0 Å². The van der Waals surface area contributed by atoms with Crippen LogP contribution in [0.25, 0.3) is 0 Å². The summed E-state index contributed by atoms with van der Waals surface area (Å²) >= 11 is 0. The van der Waals surface area contributed by atoms with Crippen LogP contribution in [0.2, 0.25) is 0 Å². The van der Waals surface area contributed by atoms with Crippen molar-refractivity contribution >= 4 is 11.6 Å². The van der Waals surface area contributed by atoms with Crippen molar-refractivity contribution in [2.45, 2.75) is 19.4 Å². The molecule has 1 aromatic heterocycles. The standard InChI is InChI=1S/C17H21N3O/c1-13(15-8-10-18-11-9-15)19-16-6-4-14(5-7-16)12-17(21)20(2)3/h4-11,13,19H,12H2,1-3H3. The molecule has 0 aliphatic heterocycles. The van der Waals surface area contributed by atoms with E-state index in [0.29, 0.717) is 6.42 Å². The van der Waals surface area contributed by atoms with Gasteiger partial charge in [-0.3, -0.25) is 9.78 Å². The van der Waals surface area contributed by atoms with E-state index in [2.05, 4.69) is 17.2 Å². The van der Waals surface area contributed by atoms with Crippen molar-refractivity contribution < 1.29 is 4.79 Å². The van der Waals surface area contributed by atoms with Gasteiger partial charge in [-0.2, -0.15) is 0 Å². The van der Waals surface area contributed by atoms with Gasteiger partial charge in [0.05, 0.1) is 6.42 Å². The summed E-state index contributed by atoms with van der Waals surface area (Å²) in [5.74, 6) is 0.112. The summed E-state index contributed by atoms with van der Waals surface area (Å²) in [6.07, 6.45) is 4.03. The maximum atomic E-state index is 11.7. The Morgan fingerprint density at radius 3 is 2.33 bits per heavy atom. The summed E-state index contributed by atoms with van der Waals surface area (Å²) in [7, 11) is 3.54. The minimum Gasteiger partial charge on any atom is -0.379 e. The van der Waals surface area contributed by atoms with E-state index in [1.165, 1.54) is 5.56 Å². The van der Waals surface area contributed by atoms with Crippen LogP contribution in [0.3, 0.4) is 0 Å². The molecule has 110 valence electrons. The highest BCUT2D eigenvalue weighted by atomic mass is 16.2. The summed E-state index contributed by atoms with van der Waals surface area (Å²) in [5.41, 5.74) is 3.26. The number of rotatable bonds is 5. The van der Waals surface area contributed by atoms with Gasteiger partial charge in [0, 0.05) is 38.2 Å². The number of pyridine rings is 1. The van der Waals surface area contributed by atoms with Crippen molar-refractivity contribution in [3.63, 3.8) is 0 Å². The summed E-state index contributed by atoms with van der Waals surface area (Å²) < 4.78 is 0. The molecule has 0 radical (unpaired) electrons. The highest BCUT2D eigenvalue weighted by Gasteiger charge is 2.07. The minimum atomic E-state index is 0.112. The summed E-state index contributed by atoms with van der Waals surface area (Å²) in [5, 5.41) is 3.44. The van der Waals surface area contributed by atoms with Gasteiger partial charge in [0.2, 0.25) is 5.91 Å². The van der Waals surface area contributed by atoms with Crippen molar-refractivity contribution in [1.82, 2.24) is 9.88 Å². The van der Waals surface area contributed by atoms with Crippen molar-refractivity contribution in [2.24, 2.45) is 0 Å². The lowest BCUT2D eigenvalue weighted by atomic mass is 10.1. The lowest BCUT2D eigenvalue weighted by Crippen LogP contribution is -2.23. The van der Waals surface area contributed by atoms with Crippen molar-refractivity contribution in [2.75, 3.05) is 19.4 Å². The molecule has 0 saturated heterocycles. The van der Waals surface area contributed by atoms with Crippen molar-refractivity contribution in [1.29, 1.82) is 0 Å². The number of nitrogens with zero attached hydrogens (tertiary/aromatic N) is 2. The summed E-state index contributed by atoms with van der Waals surface area (Å²) in [4.78, 5) is 17.3. The van der Waals surface area contributed by atoms with Crippen molar-refractivity contribution in [3.05, 3.63) is 59.9 Å². The molecule has 21 heavy (non-hydrogen) atoms. The predicted molar refractivity (Wildman–Crippen MR) is 85.1 cm³/mol. The van der Waals surface area contributed by atoms with Crippen LogP contribution in [0.1, 0.15) is 24.1 Å². The van der Waals surface area contributed by atoms with Crippen LogP contribution in [0, 0.1) is 0 Å². The molecule has 2 aromatic rings. The monoisotopic (exact) mass is 283 g/mol. The van der Waals surface area contributed by atoms with Crippen LogP contribution in [0.15, 0.2) is 48.8 Å².